The van der Waals surface area contributed by atoms with E-state index in [1.54, 1.807) is 23.9 Å². The molecule has 5 rings (SSSR count). The van der Waals surface area contributed by atoms with Crippen molar-refractivity contribution in [2.45, 2.75) is 67.5 Å². The zero-order valence-corrected chi connectivity index (χ0v) is 20.5. The van der Waals surface area contributed by atoms with Crippen LogP contribution in [0.1, 0.15) is 55.6 Å². The summed E-state index contributed by atoms with van der Waals surface area (Å²) in [5.41, 5.74) is 2.72. The van der Waals surface area contributed by atoms with Crippen molar-refractivity contribution in [2.24, 2.45) is 23.5 Å². The molecule has 10 heteroatoms. The zero-order valence-electron chi connectivity index (χ0n) is 19.7. The molecule has 0 radical (unpaired) electrons. The van der Waals surface area contributed by atoms with Gasteiger partial charge in [0.1, 0.15) is 17.4 Å². The van der Waals surface area contributed by atoms with Crippen LogP contribution in [0.25, 0.3) is 5.76 Å². The number of phenols is 1. The minimum absolute atomic E-state index is 0.0374. The molecule has 1 aromatic rings. The molecular formula is C26H31NO8S. The van der Waals surface area contributed by atoms with Gasteiger partial charge in [0.2, 0.25) is 11.7 Å². The number of amides is 1. The molecule has 7 atom stereocenters. The number of primary amides is 1. The van der Waals surface area contributed by atoms with Crippen molar-refractivity contribution in [1.29, 1.82) is 0 Å². The number of hydrogen-bond acceptors (Lipinski definition) is 9. The molecule has 2 unspecified atom stereocenters. The van der Waals surface area contributed by atoms with E-state index >= 15 is 0 Å². The molecule has 36 heavy (non-hydrogen) atoms. The Bertz CT molecular complexity index is 1140. The fraction of sp³-hybridized carbons (Fsp3) is 0.577. The van der Waals surface area contributed by atoms with Crippen molar-refractivity contribution < 1.29 is 39.9 Å². The van der Waals surface area contributed by atoms with Gasteiger partial charge in [-0.3, -0.25) is 14.4 Å². The van der Waals surface area contributed by atoms with E-state index in [9.17, 15) is 39.9 Å². The summed E-state index contributed by atoms with van der Waals surface area (Å²) in [6, 6.07) is 4.73. The van der Waals surface area contributed by atoms with Crippen LogP contribution in [0.4, 0.5) is 0 Å². The average Bonchev–Trinajstić information content (AvgIpc) is 2.84. The second-order valence-electron chi connectivity index (χ2n) is 10.5. The minimum atomic E-state index is -2.83. The highest BCUT2D eigenvalue weighted by atomic mass is 32.2. The van der Waals surface area contributed by atoms with Crippen LogP contribution in [0.2, 0.25) is 0 Å². The van der Waals surface area contributed by atoms with Gasteiger partial charge < -0.3 is 31.3 Å². The topological polar surface area (TPSA) is 178 Å². The molecule has 7 N–H and O–H groups in total. The third-order valence-corrected chi connectivity index (χ3v) is 10.0. The number of benzene rings is 1. The molecule has 0 aliphatic heterocycles. The molecule has 9 nitrogen and oxygen atoms in total. The normalized spacial score (nSPS) is 36.8. The van der Waals surface area contributed by atoms with Crippen molar-refractivity contribution in [3.63, 3.8) is 0 Å². The Kier molecular flexibility index (Phi) is 6.43. The maximum absolute atomic E-state index is 13.8. The smallest absolute Gasteiger partial charge is 0.230 e. The molecule has 0 heterocycles. The molecular weight excluding hydrogens is 486 g/mol. The lowest BCUT2D eigenvalue weighted by atomic mass is 9.53. The van der Waals surface area contributed by atoms with E-state index in [0.717, 1.165) is 25.7 Å². The van der Waals surface area contributed by atoms with Crippen LogP contribution in [0.3, 0.4) is 0 Å². The van der Waals surface area contributed by atoms with Crippen molar-refractivity contribution in [3.8, 4) is 5.75 Å². The number of nitrogens with two attached hydrogens (primary N) is 1. The van der Waals surface area contributed by atoms with Gasteiger partial charge in [-0.25, -0.2) is 0 Å². The summed E-state index contributed by atoms with van der Waals surface area (Å²) in [6.45, 7) is 0. The van der Waals surface area contributed by atoms with Gasteiger partial charge in [0.05, 0.1) is 17.8 Å². The molecule has 4 aliphatic rings. The average molecular weight is 518 g/mol. The number of aliphatic hydroxyl groups excluding tert-OH is 3. The highest BCUT2D eigenvalue weighted by molar-refractivity contribution is 7.99. The number of phenolic OH excluding ortho intramolecular Hbond substituents is 1. The Balaban J connectivity index is 1.62. The first-order valence-electron chi connectivity index (χ1n) is 12.4. The van der Waals surface area contributed by atoms with E-state index in [-0.39, 0.29) is 23.3 Å². The van der Waals surface area contributed by atoms with Crippen molar-refractivity contribution >= 4 is 35.0 Å². The number of aliphatic hydroxyl groups is 4. The van der Waals surface area contributed by atoms with Crippen LogP contribution in [0, 0.1) is 17.8 Å². The number of thioether (sulfide) groups is 1. The SMILES string of the molecule is NC(=O)C1C(=O)[C@@]2(O)C(=O)C3=C(O)c4c(O)cccc4[C@H](CSC4CCCCC4)[C@H]3[C@H](O)[C@H]2CC1O. The summed E-state index contributed by atoms with van der Waals surface area (Å²) in [5.74, 6) is -8.64. The van der Waals surface area contributed by atoms with Crippen molar-refractivity contribution in [2.75, 3.05) is 5.75 Å². The Morgan fingerprint density at radius 2 is 1.81 bits per heavy atom. The van der Waals surface area contributed by atoms with E-state index in [1.807, 2.05) is 0 Å². The van der Waals surface area contributed by atoms with Crippen molar-refractivity contribution in [1.82, 2.24) is 0 Å². The summed E-state index contributed by atoms with van der Waals surface area (Å²) in [4.78, 5) is 38.9. The van der Waals surface area contributed by atoms with Gasteiger partial charge in [0.25, 0.3) is 0 Å². The van der Waals surface area contributed by atoms with Crippen LogP contribution in [-0.2, 0) is 14.4 Å². The fourth-order valence-electron chi connectivity index (χ4n) is 6.75. The molecule has 0 bridgehead atoms. The van der Waals surface area contributed by atoms with Gasteiger partial charge in [-0.05, 0) is 30.9 Å². The fourth-order valence-corrected chi connectivity index (χ4v) is 8.28. The number of ketones is 2. The van der Waals surface area contributed by atoms with E-state index in [2.05, 4.69) is 0 Å². The number of hydrogen-bond donors (Lipinski definition) is 6. The predicted octanol–water partition coefficient (Wildman–Crippen LogP) is 1.17. The molecule has 1 aromatic carbocycles. The molecule has 3 saturated carbocycles. The second-order valence-corrected chi connectivity index (χ2v) is 11.8. The molecule has 4 aliphatic carbocycles. The Hall–Kier alpha value is -2.40. The number of carbonyl (C=O) groups is 3. The minimum Gasteiger partial charge on any atom is -0.507 e. The molecule has 0 saturated heterocycles. The second kappa shape index (κ2) is 9.16. The lowest BCUT2D eigenvalue weighted by Gasteiger charge is -2.52. The Labute approximate surface area is 212 Å². The molecule has 1 amide bonds. The first kappa shape index (κ1) is 25.3. The van der Waals surface area contributed by atoms with Crippen LogP contribution in [0.15, 0.2) is 23.8 Å². The summed E-state index contributed by atoms with van der Waals surface area (Å²) in [6.07, 6.45) is 2.14. The third kappa shape index (κ3) is 3.60. The van der Waals surface area contributed by atoms with Crippen LogP contribution >= 0.6 is 11.8 Å². The first-order valence-corrected chi connectivity index (χ1v) is 13.5. The van der Waals surface area contributed by atoms with Gasteiger partial charge >= 0.3 is 0 Å². The monoisotopic (exact) mass is 517 g/mol. The van der Waals surface area contributed by atoms with E-state index < -0.39 is 64.7 Å². The number of carbonyl (C=O) groups excluding carboxylic acids is 3. The van der Waals surface area contributed by atoms with E-state index in [1.165, 1.54) is 12.5 Å². The molecule has 0 aromatic heterocycles. The highest BCUT2D eigenvalue weighted by Crippen LogP contribution is 2.56. The maximum Gasteiger partial charge on any atom is 0.230 e. The van der Waals surface area contributed by atoms with Crippen LogP contribution in [-0.4, -0.2) is 71.8 Å². The van der Waals surface area contributed by atoms with Gasteiger partial charge in [-0.1, -0.05) is 31.4 Å². The maximum atomic E-state index is 13.8. The third-order valence-electron chi connectivity index (χ3n) is 8.55. The summed E-state index contributed by atoms with van der Waals surface area (Å²) in [7, 11) is 0. The van der Waals surface area contributed by atoms with Crippen molar-refractivity contribution in [3.05, 3.63) is 34.9 Å². The molecule has 194 valence electrons. The lowest BCUT2D eigenvalue weighted by molar-refractivity contribution is -0.186. The number of aromatic hydroxyl groups is 1. The quantitative estimate of drug-likeness (QED) is 0.320. The van der Waals surface area contributed by atoms with Crippen LogP contribution < -0.4 is 5.73 Å². The highest BCUT2D eigenvalue weighted by Gasteiger charge is 2.68. The zero-order chi connectivity index (χ0) is 25.9. The summed E-state index contributed by atoms with van der Waals surface area (Å²) >= 11 is 1.72. The van der Waals surface area contributed by atoms with Gasteiger partial charge in [0.15, 0.2) is 11.4 Å². The first-order chi connectivity index (χ1) is 17.1. The predicted molar refractivity (Wildman–Crippen MR) is 131 cm³/mol. The van der Waals surface area contributed by atoms with Crippen LogP contribution in [0.5, 0.6) is 5.75 Å². The number of rotatable bonds is 4. The number of Topliss-reactive ketones (excluding diaryl/α,β-unsaturated/α-hetero) is 2. The molecule has 0 spiro atoms. The van der Waals surface area contributed by atoms with E-state index in [0.29, 0.717) is 16.6 Å². The number of fused-ring (bicyclic) bond motifs is 3. The van der Waals surface area contributed by atoms with Gasteiger partial charge in [-0.15, -0.1) is 0 Å². The summed E-state index contributed by atoms with van der Waals surface area (Å²) in [5, 5.41) is 55.7. The Morgan fingerprint density at radius 1 is 1.11 bits per heavy atom. The standard InChI is InChI=1S/C26H31NO8S/c27-25(34)19-16(29)9-14-21(30)18-13(10-36-11-5-2-1-3-6-11)12-7-4-8-15(28)17(12)22(31)20(18)24(33)26(14,35)23(19)32/h4,7-8,11,13-14,16,18-19,21,28-31,35H,1-3,5-6,9-10H2,(H2,27,34)/t13-,14+,16?,18+,19?,21+,26+/m0/s1. The lowest BCUT2D eigenvalue weighted by Crippen LogP contribution is -2.70. The Morgan fingerprint density at radius 3 is 2.47 bits per heavy atom. The summed E-state index contributed by atoms with van der Waals surface area (Å²) < 4.78 is 0. The van der Waals surface area contributed by atoms with E-state index in [4.69, 9.17) is 5.73 Å². The largest absolute Gasteiger partial charge is 0.507 e. The van der Waals surface area contributed by atoms with Gasteiger partial charge in [-0.2, -0.15) is 11.8 Å². The molecule has 3 fully saturated rings. The van der Waals surface area contributed by atoms with Gasteiger partial charge in [0, 0.05) is 34.3 Å².